The number of hydrogen-bond acceptors (Lipinski definition) is 5. The molecule has 0 radical (unpaired) electrons. The lowest BCUT2D eigenvalue weighted by atomic mass is 10.1. The van der Waals surface area contributed by atoms with E-state index in [4.69, 9.17) is 9.47 Å². The molecular formula is C12H14N4O3. The van der Waals surface area contributed by atoms with Crippen molar-refractivity contribution < 1.29 is 14.3 Å². The third-order valence-electron chi connectivity index (χ3n) is 2.41. The Morgan fingerprint density at radius 2 is 2.05 bits per heavy atom. The normalized spacial score (nSPS) is 10.2. The number of aromatic amines is 1. The van der Waals surface area contributed by atoms with E-state index in [1.807, 2.05) is 12.1 Å². The number of aromatic nitrogens is 3. The molecule has 1 amide bonds. The lowest BCUT2D eigenvalue weighted by Gasteiger charge is -2.03. The minimum atomic E-state index is -0.275. The van der Waals surface area contributed by atoms with Crippen molar-refractivity contribution in [1.29, 1.82) is 0 Å². The van der Waals surface area contributed by atoms with Crippen LogP contribution in [0.15, 0.2) is 24.3 Å². The number of nitrogens with one attached hydrogen (secondary N) is 2. The van der Waals surface area contributed by atoms with Crippen LogP contribution in [0, 0.1) is 0 Å². The summed E-state index contributed by atoms with van der Waals surface area (Å²) in [6.45, 7) is 0.515. The largest absolute Gasteiger partial charge is 0.466 e. The van der Waals surface area contributed by atoms with Crippen LogP contribution in [-0.2, 0) is 11.3 Å². The molecule has 0 fully saturated rings. The predicted octanol–water partition coefficient (Wildman–Crippen LogP) is 1.21. The van der Waals surface area contributed by atoms with Gasteiger partial charge < -0.3 is 9.47 Å². The molecule has 1 aromatic carbocycles. The third kappa shape index (κ3) is 3.29. The monoisotopic (exact) mass is 262 g/mol. The topological polar surface area (TPSA) is 89.1 Å². The van der Waals surface area contributed by atoms with Crippen molar-refractivity contribution in [3.05, 3.63) is 35.4 Å². The van der Waals surface area contributed by atoms with Crippen molar-refractivity contribution in [2.24, 2.45) is 0 Å². The number of amides is 1. The first kappa shape index (κ1) is 13.0. The second-order valence-electron chi connectivity index (χ2n) is 3.75. The van der Waals surface area contributed by atoms with E-state index in [1.54, 1.807) is 19.2 Å². The molecule has 0 spiro atoms. The fraction of sp³-hybridized carbons (Fsp3) is 0.250. The summed E-state index contributed by atoms with van der Waals surface area (Å²) in [6.07, 6.45) is 0. The quantitative estimate of drug-likeness (QED) is 0.845. The van der Waals surface area contributed by atoms with E-state index in [0.717, 1.165) is 5.56 Å². The Kier molecular flexibility index (Phi) is 4.09. The summed E-state index contributed by atoms with van der Waals surface area (Å²) in [5.74, 6) is -0.0365. The van der Waals surface area contributed by atoms with Gasteiger partial charge in [-0.1, -0.05) is 12.1 Å². The number of H-pyrrole nitrogens is 1. The molecule has 0 aliphatic rings. The zero-order valence-corrected chi connectivity index (χ0v) is 10.6. The Bertz CT molecular complexity index is 550. The molecule has 100 valence electrons. The van der Waals surface area contributed by atoms with E-state index in [9.17, 15) is 4.79 Å². The maximum absolute atomic E-state index is 11.9. The van der Waals surface area contributed by atoms with Crippen LogP contribution < -0.4 is 10.1 Å². The molecule has 2 aromatic rings. The average molecular weight is 262 g/mol. The third-order valence-corrected chi connectivity index (χ3v) is 2.41. The highest BCUT2D eigenvalue weighted by molar-refractivity contribution is 6.03. The lowest BCUT2D eigenvalue weighted by molar-refractivity contribution is 0.102. The minimum absolute atomic E-state index is 0.172. The number of carbonyl (C=O) groups is 1. The summed E-state index contributed by atoms with van der Waals surface area (Å²) in [5, 5.41) is 8.87. The molecule has 0 aliphatic heterocycles. The maximum Gasteiger partial charge on any atom is 0.336 e. The Morgan fingerprint density at radius 3 is 2.63 bits per heavy atom. The smallest absolute Gasteiger partial charge is 0.336 e. The molecule has 0 bridgehead atoms. The number of methoxy groups -OCH3 is 2. The van der Waals surface area contributed by atoms with Gasteiger partial charge in [-0.05, 0) is 17.7 Å². The zero-order chi connectivity index (χ0) is 13.7. The van der Waals surface area contributed by atoms with Crippen molar-refractivity contribution in [2.75, 3.05) is 19.5 Å². The van der Waals surface area contributed by atoms with E-state index < -0.39 is 0 Å². The Labute approximate surface area is 110 Å². The van der Waals surface area contributed by atoms with Gasteiger partial charge in [-0.3, -0.25) is 10.1 Å². The fourth-order valence-corrected chi connectivity index (χ4v) is 1.49. The van der Waals surface area contributed by atoms with Gasteiger partial charge >= 0.3 is 6.01 Å². The van der Waals surface area contributed by atoms with Crippen molar-refractivity contribution in [3.63, 3.8) is 0 Å². The Morgan fingerprint density at radius 1 is 1.32 bits per heavy atom. The molecular weight excluding hydrogens is 248 g/mol. The zero-order valence-electron chi connectivity index (χ0n) is 10.6. The van der Waals surface area contributed by atoms with Crippen molar-refractivity contribution in [2.45, 2.75) is 6.61 Å². The number of rotatable bonds is 5. The Balaban J connectivity index is 2.02. The number of carbonyl (C=O) groups excluding carboxylic acids is 1. The van der Waals surface area contributed by atoms with Crippen LogP contribution in [0.5, 0.6) is 6.01 Å². The standard InChI is InChI=1S/C12H14N4O3/c1-18-7-8-3-5-9(6-4-8)10(17)13-11-14-12(19-2)16-15-11/h3-6H,7H2,1-2H3,(H2,13,14,15,16,17). The molecule has 1 aromatic heterocycles. The van der Waals surface area contributed by atoms with Crippen LogP contribution in [-0.4, -0.2) is 35.3 Å². The molecule has 0 aliphatic carbocycles. The van der Waals surface area contributed by atoms with Crippen molar-refractivity contribution in [1.82, 2.24) is 15.2 Å². The van der Waals surface area contributed by atoms with Gasteiger partial charge in [0.25, 0.3) is 5.91 Å². The van der Waals surface area contributed by atoms with Crippen LogP contribution in [0.25, 0.3) is 0 Å². The minimum Gasteiger partial charge on any atom is -0.466 e. The van der Waals surface area contributed by atoms with Gasteiger partial charge in [0.05, 0.1) is 13.7 Å². The molecule has 1 heterocycles. The predicted molar refractivity (Wildman–Crippen MR) is 68.0 cm³/mol. The second kappa shape index (κ2) is 5.96. The van der Waals surface area contributed by atoms with Crippen LogP contribution in [0.1, 0.15) is 15.9 Å². The summed E-state index contributed by atoms with van der Waals surface area (Å²) in [5.41, 5.74) is 1.52. The van der Waals surface area contributed by atoms with E-state index in [-0.39, 0.29) is 17.9 Å². The summed E-state index contributed by atoms with van der Waals surface area (Å²) in [4.78, 5) is 15.8. The number of benzene rings is 1. The first-order chi connectivity index (χ1) is 9.22. The summed E-state index contributed by atoms with van der Waals surface area (Å²) < 4.78 is 9.81. The van der Waals surface area contributed by atoms with Crippen LogP contribution in [0.3, 0.4) is 0 Å². The van der Waals surface area contributed by atoms with Gasteiger partial charge in [0.15, 0.2) is 0 Å². The van der Waals surface area contributed by atoms with Gasteiger partial charge in [0, 0.05) is 12.7 Å². The van der Waals surface area contributed by atoms with Gasteiger partial charge in [-0.25, -0.2) is 5.10 Å². The van der Waals surface area contributed by atoms with Gasteiger partial charge in [0.1, 0.15) is 0 Å². The number of nitrogens with zero attached hydrogens (tertiary/aromatic N) is 2. The molecule has 0 saturated heterocycles. The van der Waals surface area contributed by atoms with E-state index >= 15 is 0 Å². The van der Waals surface area contributed by atoms with Crippen LogP contribution in [0.4, 0.5) is 5.95 Å². The number of hydrogen-bond donors (Lipinski definition) is 2. The Hall–Kier alpha value is -2.41. The van der Waals surface area contributed by atoms with E-state index in [1.165, 1.54) is 7.11 Å². The van der Waals surface area contributed by atoms with Gasteiger partial charge in [-0.15, -0.1) is 5.10 Å². The highest BCUT2D eigenvalue weighted by Gasteiger charge is 2.09. The molecule has 7 nitrogen and oxygen atoms in total. The molecule has 2 N–H and O–H groups in total. The molecule has 0 unspecified atom stereocenters. The first-order valence-corrected chi connectivity index (χ1v) is 5.58. The first-order valence-electron chi connectivity index (χ1n) is 5.58. The summed E-state index contributed by atoms with van der Waals surface area (Å²) >= 11 is 0. The van der Waals surface area contributed by atoms with Gasteiger partial charge in [-0.2, -0.15) is 4.98 Å². The fourth-order valence-electron chi connectivity index (χ4n) is 1.49. The summed E-state index contributed by atoms with van der Waals surface area (Å²) in [7, 11) is 3.07. The van der Waals surface area contributed by atoms with Crippen LogP contribution >= 0.6 is 0 Å². The molecule has 0 atom stereocenters. The second-order valence-corrected chi connectivity index (χ2v) is 3.75. The molecule has 2 rings (SSSR count). The van der Waals surface area contributed by atoms with Crippen LogP contribution in [0.2, 0.25) is 0 Å². The average Bonchev–Trinajstić information content (AvgIpc) is 2.87. The van der Waals surface area contributed by atoms with Crippen molar-refractivity contribution >= 4 is 11.9 Å². The molecule has 7 heteroatoms. The van der Waals surface area contributed by atoms with Gasteiger partial charge in [0.2, 0.25) is 5.95 Å². The highest BCUT2D eigenvalue weighted by Crippen LogP contribution is 2.09. The number of anilines is 1. The summed E-state index contributed by atoms with van der Waals surface area (Å²) in [6, 6.07) is 7.28. The van der Waals surface area contributed by atoms with E-state index in [0.29, 0.717) is 12.2 Å². The maximum atomic E-state index is 11.9. The van der Waals surface area contributed by atoms with Crippen molar-refractivity contribution in [3.8, 4) is 6.01 Å². The number of ether oxygens (including phenoxy) is 2. The SMILES string of the molecule is COCc1ccc(C(=O)Nc2nc(OC)n[nH]2)cc1. The van der Waals surface area contributed by atoms with E-state index in [2.05, 4.69) is 20.5 Å². The molecule has 19 heavy (non-hydrogen) atoms. The lowest BCUT2D eigenvalue weighted by Crippen LogP contribution is -2.13. The molecule has 0 saturated carbocycles. The highest BCUT2D eigenvalue weighted by atomic mass is 16.5.